The fourth-order valence-corrected chi connectivity index (χ4v) is 3.98. The van der Waals surface area contributed by atoms with Crippen LogP contribution in [-0.4, -0.2) is 42.5 Å². The largest absolute Gasteiger partial charge is 0.370 e. The van der Waals surface area contributed by atoms with Crippen LogP contribution in [0.5, 0.6) is 0 Å². The summed E-state index contributed by atoms with van der Waals surface area (Å²) >= 11 is 0. The number of hydrogen-bond donors (Lipinski definition) is 2. The van der Waals surface area contributed by atoms with Crippen LogP contribution in [0.2, 0.25) is 0 Å². The van der Waals surface area contributed by atoms with Gasteiger partial charge in [-0.05, 0) is 26.2 Å². The molecule has 1 fully saturated rings. The summed E-state index contributed by atoms with van der Waals surface area (Å²) in [7, 11) is -2.91. The molecule has 2 rings (SSSR count). The van der Waals surface area contributed by atoms with Crippen molar-refractivity contribution in [3.05, 3.63) is 11.9 Å². The molecule has 1 unspecified atom stereocenters. The Bertz CT molecular complexity index is 559. The van der Waals surface area contributed by atoms with Crippen LogP contribution in [0, 0.1) is 6.92 Å². The van der Waals surface area contributed by atoms with E-state index in [0.717, 1.165) is 36.6 Å². The van der Waals surface area contributed by atoms with E-state index < -0.39 is 9.84 Å². The van der Waals surface area contributed by atoms with E-state index in [0.29, 0.717) is 12.2 Å². The molecule has 2 heterocycles. The molecule has 1 atom stereocenters. The Kier molecular flexibility index (Phi) is 4.80. The Morgan fingerprint density at radius 3 is 2.80 bits per heavy atom. The number of nitrogens with one attached hydrogen (secondary N) is 2. The van der Waals surface area contributed by atoms with Gasteiger partial charge in [0, 0.05) is 18.2 Å². The first-order valence-electron chi connectivity index (χ1n) is 7.04. The topological polar surface area (TPSA) is 84.0 Å². The van der Waals surface area contributed by atoms with Crippen molar-refractivity contribution in [1.29, 1.82) is 0 Å². The fourth-order valence-electron chi connectivity index (χ4n) is 2.35. The van der Waals surface area contributed by atoms with E-state index in [2.05, 4.69) is 27.5 Å². The Morgan fingerprint density at radius 2 is 2.10 bits per heavy atom. The van der Waals surface area contributed by atoms with Gasteiger partial charge >= 0.3 is 0 Å². The van der Waals surface area contributed by atoms with Crippen molar-refractivity contribution in [2.24, 2.45) is 0 Å². The van der Waals surface area contributed by atoms with Crippen LogP contribution in [0.4, 0.5) is 11.6 Å². The zero-order valence-electron chi connectivity index (χ0n) is 12.0. The number of aromatic nitrogens is 2. The summed E-state index contributed by atoms with van der Waals surface area (Å²) in [5.74, 6) is 2.02. The number of rotatable bonds is 5. The average molecular weight is 298 g/mol. The zero-order valence-corrected chi connectivity index (χ0v) is 12.8. The SMILES string of the molecule is CCCNc1ncnc(NC2CCCS(=O)(=O)C2)c1C. The molecule has 7 heteroatoms. The smallest absolute Gasteiger partial charge is 0.152 e. The highest BCUT2D eigenvalue weighted by atomic mass is 32.2. The molecule has 20 heavy (non-hydrogen) atoms. The predicted molar refractivity (Wildman–Crippen MR) is 80.8 cm³/mol. The zero-order chi connectivity index (χ0) is 14.6. The Balaban J connectivity index is 2.09. The van der Waals surface area contributed by atoms with Gasteiger partial charge in [-0.3, -0.25) is 0 Å². The molecular weight excluding hydrogens is 276 g/mol. The van der Waals surface area contributed by atoms with E-state index in [1.165, 1.54) is 6.33 Å². The molecule has 0 aromatic carbocycles. The lowest BCUT2D eigenvalue weighted by atomic mass is 10.2. The first kappa shape index (κ1) is 15.0. The molecule has 6 nitrogen and oxygen atoms in total. The van der Waals surface area contributed by atoms with E-state index in [-0.39, 0.29) is 11.8 Å². The lowest BCUT2D eigenvalue weighted by molar-refractivity contribution is 0.561. The summed E-state index contributed by atoms with van der Waals surface area (Å²) < 4.78 is 23.3. The lowest BCUT2D eigenvalue weighted by Crippen LogP contribution is -2.35. The summed E-state index contributed by atoms with van der Waals surface area (Å²) in [6, 6.07) is -0.0543. The second-order valence-corrected chi connectivity index (χ2v) is 7.45. The molecular formula is C13H22N4O2S. The third-order valence-corrected chi connectivity index (χ3v) is 5.25. The van der Waals surface area contributed by atoms with E-state index in [4.69, 9.17) is 0 Å². The molecule has 0 saturated carbocycles. The maximum absolute atomic E-state index is 11.7. The van der Waals surface area contributed by atoms with Crippen LogP contribution in [0.1, 0.15) is 31.7 Å². The molecule has 0 aliphatic carbocycles. The first-order valence-corrected chi connectivity index (χ1v) is 8.86. The van der Waals surface area contributed by atoms with Crippen molar-refractivity contribution in [2.75, 3.05) is 28.7 Å². The number of hydrogen-bond acceptors (Lipinski definition) is 6. The van der Waals surface area contributed by atoms with Crippen molar-refractivity contribution in [2.45, 2.75) is 39.2 Å². The van der Waals surface area contributed by atoms with E-state index >= 15 is 0 Å². The normalized spacial score (nSPS) is 21.4. The van der Waals surface area contributed by atoms with Crippen LogP contribution in [-0.2, 0) is 9.84 Å². The highest BCUT2D eigenvalue weighted by Crippen LogP contribution is 2.22. The minimum atomic E-state index is -2.91. The molecule has 1 saturated heterocycles. The maximum atomic E-state index is 11.7. The first-order chi connectivity index (χ1) is 9.52. The lowest BCUT2D eigenvalue weighted by Gasteiger charge is -2.24. The molecule has 1 aliphatic heterocycles. The van der Waals surface area contributed by atoms with E-state index in [1.54, 1.807) is 0 Å². The van der Waals surface area contributed by atoms with Gasteiger partial charge in [-0.2, -0.15) is 0 Å². The Morgan fingerprint density at radius 1 is 1.35 bits per heavy atom. The third kappa shape index (κ3) is 3.82. The second-order valence-electron chi connectivity index (χ2n) is 5.22. The van der Waals surface area contributed by atoms with Gasteiger partial charge in [-0.25, -0.2) is 18.4 Å². The summed E-state index contributed by atoms with van der Waals surface area (Å²) in [5.41, 5.74) is 0.934. The predicted octanol–water partition coefficient (Wildman–Crippen LogP) is 1.60. The standard InChI is InChI=1S/C13H22N4O2S/c1-3-6-14-12-10(2)13(16-9-15-12)17-11-5-4-7-20(18,19)8-11/h9,11H,3-8H2,1-2H3,(H2,14,15,16,17). The minimum absolute atomic E-state index is 0.0543. The van der Waals surface area contributed by atoms with Crippen molar-refractivity contribution in [3.8, 4) is 0 Å². The molecule has 0 spiro atoms. The summed E-state index contributed by atoms with van der Waals surface area (Å²) in [6.45, 7) is 4.89. The van der Waals surface area contributed by atoms with Crippen molar-refractivity contribution < 1.29 is 8.42 Å². The van der Waals surface area contributed by atoms with Crippen LogP contribution in [0.25, 0.3) is 0 Å². The Labute approximate surface area is 120 Å². The van der Waals surface area contributed by atoms with Crippen molar-refractivity contribution >= 4 is 21.5 Å². The molecule has 0 amide bonds. The highest BCUT2D eigenvalue weighted by molar-refractivity contribution is 7.91. The van der Waals surface area contributed by atoms with Gasteiger partial charge in [-0.1, -0.05) is 6.92 Å². The molecule has 1 aliphatic rings. The van der Waals surface area contributed by atoms with Crippen molar-refractivity contribution in [3.63, 3.8) is 0 Å². The number of anilines is 2. The van der Waals surface area contributed by atoms with Gasteiger partial charge in [0.2, 0.25) is 0 Å². The summed E-state index contributed by atoms with van der Waals surface area (Å²) in [6.07, 6.45) is 4.10. The molecule has 112 valence electrons. The maximum Gasteiger partial charge on any atom is 0.152 e. The van der Waals surface area contributed by atoms with Gasteiger partial charge in [0.1, 0.15) is 18.0 Å². The number of sulfone groups is 1. The quantitative estimate of drug-likeness (QED) is 0.859. The van der Waals surface area contributed by atoms with Gasteiger partial charge in [-0.15, -0.1) is 0 Å². The van der Waals surface area contributed by atoms with Gasteiger partial charge in [0.05, 0.1) is 11.5 Å². The monoisotopic (exact) mass is 298 g/mol. The number of nitrogens with zero attached hydrogens (tertiary/aromatic N) is 2. The van der Waals surface area contributed by atoms with E-state index in [1.807, 2.05) is 6.92 Å². The molecule has 1 aromatic heterocycles. The van der Waals surface area contributed by atoms with Crippen LogP contribution in [0.15, 0.2) is 6.33 Å². The van der Waals surface area contributed by atoms with Crippen molar-refractivity contribution in [1.82, 2.24) is 9.97 Å². The molecule has 2 N–H and O–H groups in total. The average Bonchev–Trinajstić information content (AvgIpc) is 2.39. The van der Waals surface area contributed by atoms with Crippen LogP contribution >= 0.6 is 0 Å². The van der Waals surface area contributed by atoms with Crippen LogP contribution < -0.4 is 10.6 Å². The van der Waals surface area contributed by atoms with E-state index in [9.17, 15) is 8.42 Å². The minimum Gasteiger partial charge on any atom is -0.370 e. The second kappa shape index (κ2) is 6.39. The van der Waals surface area contributed by atoms with Gasteiger partial charge in [0.25, 0.3) is 0 Å². The summed E-state index contributed by atoms with van der Waals surface area (Å²) in [4.78, 5) is 8.45. The van der Waals surface area contributed by atoms with Crippen LogP contribution in [0.3, 0.4) is 0 Å². The molecule has 0 bridgehead atoms. The third-order valence-electron chi connectivity index (χ3n) is 3.43. The summed E-state index contributed by atoms with van der Waals surface area (Å²) in [5, 5.41) is 6.50. The van der Waals surface area contributed by atoms with Gasteiger partial charge in [0.15, 0.2) is 9.84 Å². The Hall–Kier alpha value is -1.37. The molecule has 1 aromatic rings. The molecule has 0 radical (unpaired) electrons. The fraction of sp³-hybridized carbons (Fsp3) is 0.692. The van der Waals surface area contributed by atoms with Gasteiger partial charge < -0.3 is 10.6 Å². The highest BCUT2D eigenvalue weighted by Gasteiger charge is 2.25.